The number of pyridine rings is 1. The Labute approximate surface area is 104 Å². The molecule has 0 aliphatic carbocycles. The summed E-state index contributed by atoms with van der Waals surface area (Å²) in [5, 5.41) is 3.34. The van der Waals surface area contributed by atoms with Gasteiger partial charge < -0.3 is 11.1 Å². The maximum atomic E-state index is 5.79. The summed E-state index contributed by atoms with van der Waals surface area (Å²) < 4.78 is 0. The molecule has 6 heteroatoms. The number of hydrogen-bond donors (Lipinski definition) is 2. The molecule has 5 nitrogen and oxygen atoms in total. The Morgan fingerprint density at radius 3 is 2.82 bits per heavy atom. The Bertz CT molecular complexity index is 512. The van der Waals surface area contributed by atoms with Crippen LogP contribution in [0.3, 0.4) is 0 Å². The van der Waals surface area contributed by atoms with Gasteiger partial charge in [0.1, 0.15) is 12.0 Å². The van der Waals surface area contributed by atoms with Gasteiger partial charge in [0.15, 0.2) is 11.0 Å². The van der Waals surface area contributed by atoms with Gasteiger partial charge in [0.2, 0.25) is 0 Å². The van der Waals surface area contributed by atoms with Gasteiger partial charge in [-0.25, -0.2) is 9.97 Å². The van der Waals surface area contributed by atoms with Crippen LogP contribution in [0.25, 0.3) is 0 Å². The van der Waals surface area contributed by atoms with E-state index >= 15 is 0 Å². The van der Waals surface area contributed by atoms with E-state index in [4.69, 9.17) is 17.3 Å². The van der Waals surface area contributed by atoms with Gasteiger partial charge in [0, 0.05) is 18.4 Å². The summed E-state index contributed by atoms with van der Waals surface area (Å²) in [6, 6.07) is 3.95. The van der Waals surface area contributed by atoms with Crippen molar-refractivity contribution < 1.29 is 0 Å². The second-order valence-electron chi connectivity index (χ2n) is 3.59. The van der Waals surface area contributed by atoms with Crippen molar-refractivity contribution >= 4 is 23.1 Å². The van der Waals surface area contributed by atoms with E-state index in [9.17, 15) is 0 Å². The molecule has 3 N–H and O–H groups in total. The molecule has 0 radical (unpaired) electrons. The quantitative estimate of drug-likeness (QED) is 0.814. The zero-order valence-electron chi connectivity index (χ0n) is 9.31. The Morgan fingerprint density at radius 2 is 2.12 bits per heavy atom. The van der Waals surface area contributed by atoms with Crippen LogP contribution in [-0.4, -0.2) is 15.0 Å². The minimum absolute atomic E-state index is 0.254. The van der Waals surface area contributed by atoms with Crippen LogP contribution < -0.4 is 11.1 Å². The third-order valence-electron chi connectivity index (χ3n) is 2.27. The summed E-state index contributed by atoms with van der Waals surface area (Å²) in [6.07, 6.45) is 3.18. The van der Waals surface area contributed by atoms with Crippen LogP contribution in [0, 0.1) is 6.92 Å². The van der Waals surface area contributed by atoms with Crippen molar-refractivity contribution in [3.05, 3.63) is 41.1 Å². The molecule has 0 aliphatic heterocycles. The molecule has 0 bridgehead atoms. The van der Waals surface area contributed by atoms with Crippen LogP contribution >= 0.6 is 11.6 Å². The van der Waals surface area contributed by atoms with E-state index in [0.29, 0.717) is 18.1 Å². The minimum Gasteiger partial charge on any atom is -0.393 e. The molecule has 0 saturated carbocycles. The summed E-state index contributed by atoms with van der Waals surface area (Å²) in [4.78, 5) is 12.0. The van der Waals surface area contributed by atoms with Crippen LogP contribution in [0.1, 0.15) is 11.3 Å². The number of anilines is 2. The van der Waals surface area contributed by atoms with E-state index in [1.807, 2.05) is 19.1 Å². The molecule has 0 saturated heterocycles. The Morgan fingerprint density at radius 1 is 1.29 bits per heavy atom. The monoisotopic (exact) mass is 249 g/mol. The van der Waals surface area contributed by atoms with Gasteiger partial charge in [0.25, 0.3) is 0 Å². The molecule has 0 aromatic carbocycles. The number of aromatic nitrogens is 3. The van der Waals surface area contributed by atoms with E-state index in [0.717, 1.165) is 11.3 Å². The van der Waals surface area contributed by atoms with Crippen molar-refractivity contribution in [2.45, 2.75) is 13.5 Å². The third-order valence-corrected chi connectivity index (χ3v) is 2.57. The van der Waals surface area contributed by atoms with E-state index in [1.54, 1.807) is 6.20 Å². The largest absolute Gasteiger partial charge is 0.393 e. The van der Waals surface area contributed by atoms with Crippen LogP contribution in [0.2, 0.25) is 5.15 Å². The molecule has 2 aromatic heterocycles. The standard InChI is InChI=1S/C11H12ClN5/c1-7-2-3-8(4-14-7)5-15-11-9(13)10(12)16-6-17-11/h2-4,6H,5,13H2,1H3,(H,15,16,17). The molecule has 0 unspecified atom stereocenters. The van der Waals surface area contributed by atoms with E-state index in [1.165, 1.54) is 6.33 Å². The first-order chi connectivity index (χ1) is 8.16. The molecule has 0 amide bonds. The molecule has 2 heterocycles. The smallest absolute Gasteiger partial charge is 0.157 e. The summed E-state index contributed by atoms with van der Waals surface area (Å²) in [5.74, 6) is 0.533. The fraction of sp³-hybridized carbons (Fsp3) is 0.182. The molecule has 88 valence electrons. The number of nitrogens with one attached hydrogen (secondary N) is 1. The van der Waals surface area contributed by atoms with Crippen molar-refractivity contribution in [2.24, 2.45) is 0 Å². The van der Waals surface area contributed by atoms with Crippen LogP contribution in [0.15, 0.2) is 24.7 Å². The SMILES string of the molecule is Cc1ccc(CNc2ncnc(Cl)c2N)cn1. The number of hydrogen-bond acceptors (Lipinski definition) is 5. The van der Waals surface area contributed by atoms with Gasteiger partial charge >= 0.3 is 0 Å². The highest BCUT2D eigenvalue weighted by atomic mass is 35.5. The topological polar surface area (TPSA) is 76.7 Å². The van der Waals surface area contributed by atoms with Gasteiger partial charge in [-0.15, -0.1) is 0 Å². The van der Waals surface area contributed by atoms with Gasteiger partial charge in [-0.3, -0.25) is 4.98 Å². The number of nitrogens with two attached hydrogens (primary N) is 1. The highest BCUT2D eigenvalue weighted by Crippen LogP contribution is 2.22. The Kier molecular flexibility index (Phi) is 3.39. The molecule has 0 atom stereocenters. The lowest BCUT2D eigenvalue weighted by Gasteiger charge is -2.08. The molecule has 2 rings (SSSR count). The van der Waals surface area contributed by atoms with Crippen molar-refractivity contribution in [1.29, 1.82) is 0 Å². The summed E-state index contributed by atoms with van der Waals surface area (Å²) in [6.45, 7) is 2.53. The zero-order chi connectivity index (χ0) is 12.3. The molecule has 2 aromatic rings. The maximum Gasteiger partial charge on any atom is 0.157 e. The molecule has 17 heavy (non-hydrogen) atoms. The lowest BCUT2D eigenvalue weighted by atomic mass is 10.2. The fourth-order valence-electron chi connectivity index (χ4n) is 1.30. The van der Waals surface area contributed by atoms with E-state index in [-0.39, 0.29) is 5.15 Å². The predicted octanol–water partition coefficient (Wildman–Crippen LogP) is 2.03. The molecular formula is C11H12ClN5. The summed E-state index contributed by atoms with van der Waals surface area (Å²) >= 11 is 5.79. The van der Waals surface area contributed by atoms with Gasteiger partial charge in [-0.2, -0.15) is 0 Å². The zero-order valence-corrected chi connectivity index (χ0v) is 10.1. The van der Waals surface area contributed by atoms with Crippen molar-refractivity contribution in [1.82, 2.24) is 15.0 Å². The molecule has 0 aliphatic rings. The Balaban J connectivity index is 2.07. The number of halogens is 1. The van der Waals surface area contributed by atoms with Crippen molar-refractivity contribution in [2.75, 3.05) is 11.1 Å². The number of nitrogens with zero attached hydrogens (tertiary/aromatic N) is 3. The Hall–Kier alpha value is -1.88. The number of rotatable bonds is 3. The lowest BCUT2D eigenvalue weighted by molar-refractivity contribution is 1.06. The van der Waals surface area contributed by atoms with Crippen LogP contribution in [-0.2, 0) is 6.54 Å². The van der Waals surface area contributed by atoms with Gasteiger partial charge in [-0.05, 0) is 18.6 Å². The first-order valence-electron chi connectivity index (χ1n) is 5.08. The minimum atomic E-state index is 0.254. The van der Waals surface area contributed by atoms with Crippen molar-refractivity contribution in [3.8, 4) is 0 Å². The first-order valence-corrected chi connectivity index (χ1v) is 5.46. The second kappa shape index (κ2) is 4.97. The highest BCUT2D eigenvalue weighted by molar-refractivity contribution is 6.32. The first kappa shape index (κ1) is 11.6. The molecule has 0 fully saturated rings. The lowest BCUT2D eigenvalue weighted by Crippen LogP contribution is -2.06. The van der Waals surface area contributed by atoms with Crippen LogP contribution in [0.4, 0.5) is 11.5 Å². The van der Waals surface area contributed by atoms with Crippen LogP contribution in [0.5, 0.6) is 0 Å². The number of aryl methyl sites for hydroxylation is 1. The predicted molar refractivity (Wildman–Crippen MR) is 67.8 cm³/mol. The normalized spacial score (nSPS) is 10.2. The highest BCUT2D eigenvalue weighted by Gasteiger charge is 2.05. The van der Waals surface area contributed by atoms with E-state index < -0.39 is 0 Å². The molecule has 0 spiro atoms. The second-order valence-corrected chi connectivity index (χ2v) is 3.95. The maximum absolute atomic E-state index is 5.79. The third kappa shape index (κ3) is 2.82. The summed E-state index contributed by atoms with van der Waals surface area (Å²) in [5.41, 5.74) is 8.12. The number of nitrogen functional groups attached to an aromatic ring is 1. The molecular weight excluding hydrogens is 238 g/mol. The van der Waals surface area contributed by atoms with Gasteiger partial charge in [-0.1, -0.05) is 17.7 Å². The van der Waals surface area contributed by atoms with Crippen molar-refractivity contribution in [3.63, 3.8) is 0 Å². The fourth-order valence-corrected chi connectivity index (χ4v) is 1.44. The van der Waals surface area contributed by atoms with Gasteiger partial charge in [0.05, 0.1) is 0 Å². The average Bonchev–Trinajstić information content (AvgIpc) is 2.33. The summed E-state index contributed by atoms with van der Waals surface area (Å²) in [7, 11) is 0. The average molecular weight is 250 g/mol. The van der Waals surface area contributed by atoms with E-state index in [2.05, 4.69) is 20.3 Å².